The number of amides is 4. The van der Waals surface area contributed by atoms with Crippen molar-refractivity contribution in [2.75, 3.05) is 16.8 Å². The van der Waals surface area contributed by atoms with Crippen molar-refractivity contribution in [2.45, 2.75) is 57.8 Å². The number of anilines is 2. The summed E-state index contributed by atoms with van der Waals surface area (Å²) in [6.45, 7) is 3.75. The molecular weight excluding hydrogens is 418 g/mol. The molecule has 7 nitrogen and oxygen atoms in total. The Labute approximate surface area is 193 Å². The molecule has 2 heterocycles. The molecule has 3 aliphatic rings. The molecule has 2 aromatic rings. The molecule has 0 radical (unpaired) electrons. The van der Waals surface area contributed by atoms with E-state index in [1.54, 1.807) is 17.0 Å². The highest BCUT2D eigenvalue weighted by Crippen LogP contribution is 2.43. The van der Waals surface area contributed by atoms with Crippen molar-refractivity contribution >= 4 is 29.2 Å². The molecular formula is C26H29N3O4. The van der Waals surface area contributed by atoms with Crippen molar-refractivity contribution in [3.05, 3.63) is 59.7 Å². The minimum Gasteiger partial charge on any atom is -0.363 e. The Bertz CT molecular complexity index is 1080. The van der Waals surface area contributed by atoms with E-state index >= 15 is 0 Å². The SMILES string of the molecule is Cc1ccc(N2C(=O)C3OC4CCCCC4C3N(CC(=O)Nc3ccccc3C)C2=O)cc1. The highest BCUT2D eigenvalue weighted by Gasteiger charge is 2.58. The topological polar surface area (TPSA) is 79.0 Å². The lowest BCUT2D eigenvalue weighted by molar-refractivity contribution is -0.133. The zero-order valence-electron chi connectivity index (χ0n) is 19.0. The van der Waals surface area contributed by atoms with Crippen LogP contribution in [0.25, 0.3) is 0 Å². The van der Waals surface area contributed by atoms with Crippen LogP contribution < -0.4 is 10.2 Å². The Morgan fingerprint density at radius 3 is 2.52 bits per heavy atom. The van der Waals surface area contributed by atoms with Crippen LogP contribution in [0.4, 0.5) is 16.2 Å². The molecule has 4 unspecified atom stereocenters. The van der Waals surface area contributed by atoms with Crippen LogP contribution in [0.2, 0.25) is 0 Å². The second-order valence-electron chi connectivity index (χ2n) is 9.32. The van der Waals surface area contributed by atoms with Gasteiger partial charge in [0.05, 0.1) is 17.8 Å². The zero-order valence-corrected chi connectivity index (χ0v) is 19.0. The molecule has 7 heteroatoms. The van der Waals surface area contributed by atoms with Crippen LogP contribution in [0.15, 0.2) is 48.5 Å². The number of imide groups is 1. The van der Waals surface area contributed by atoms with Gasteiger partial charge in [-0.3, -0.25) is 9.59 Å². The molecule has 1 aliphatic carbocycles. The van der Waals surface area contributed by atoms with Gasteiger partial charge < -0.3 is 15.0 Å². The number of benzene rings is 2. The summed E-state index contributed by atoms with van der Waals surface area (Å²) in [5.74, 6) is -0.546. The van der Waals surface area contributed by atoms with Gasteiger partial charge in [0.1, 0.15) is 6.54 Å². The molecule has 4 amide bonds. The Morgan fingerprint density at radius 2 is 1.76 bits per heavy atom. The Hall–Kier alpha value is -3.19. The van der Waals surface area contributed by atoms with E-state index in [1.807, 2.05) is 50.2 Å². The summed E-state index contributed by atoms with van der Waals surface area (Å²) in [6.07, 6.45) is 3.08. The number of hydrogen-bond donors (Lipinski definition) is 1. The number of nitrogens with zero attached hydrogens (tertiary/aromatic N) is 2. The van der Waals surface area contributed by atoms with Gasteiger partial charge in [0.25, 0.3) is 5.91 Å². The first kappa shape index (κ1) is 21.6. The fourth-order valence-corrected chi connectivity index (χ4v) is 5.42. The predicted octanol–water partition coefficient (Wildman–Crippen LogP) is 4.04. The van der Waals surface area contributed by atoms with Gasteiger partial charge in [-0.05, 0) is 50.5 Å². The van der Waals surface area contributed by atoms with Crippen molar-refractivity contribution in [3.63, 3.8) is 0 Å². The van der Waals surface area contributed by atoms with E-state index < -0.39 is 18.2 Å². The maximum absolute atomic E-state index is 13.7. The summed E-state index contributed by atoms with van der Waals surface area (Å²) in [6, 6.07) is 13.9. The van der Waals surface area contributed by atoms with Crippen molar-refractivity contribution in [2.24, 2.45) is 5.92 Å². The molecule has 0 spiro atoms. The fraction of sp³-hybridized carbons (Fsp3) is 0.423. The number of hydrogen-bond acceptors (Lipinski definition) is 4. The van der Waals surface area contributed by atoms with Gasteiger partial charge in [-0.1, -0.05) is 48.7 Å². The van der Waals surface area contributed by atoms with Crippen LogP contribution in [0.3, 0.4) is 0 Å². The third-order valence-corrected chi connectivity index (χ3v) is 7.11. The van der Waals surface area contributed by atoms with Crippen LogP contribution in [-0.2, 0) is 14.3 Å². The lowest BCUT2D eigenvalue weighted by Gasteiger charge is -2.42. The van der Waals surface area contributed by atoms with Gasteiger partial charge in [0, 0.05) is 11.6 Å². The van der Waals surface area contributed by atoms with E-state index in [2.05, 4.69) is 5.32 Å². The minimum atomic E-state index is -0.747. The lowest BCUT2D eigenvalue weighted by atomic mass is 9.81. The van der Waals surface area contributed by atoms with Crippen molar-refractivity contribution in [1.82, 2.24) is 4.90 Å². The molecule has 2 aromatic carbocycles. The summed E-state index contributed by atoms with van der Waals surface area (Å²) in [5.41, 5.74) is 3.19. The standard InChI is InChI=1S/C26H29N3O4/c1-16-11-13-18(14-12-16)29-25(31)24-23(19-8-4-6-10-21(19)33-24)28(26(29)32)15-22(30)27-20-9-5-3-7-17(20)2/h3,5,7,9,11-14,19,21,23-24H,4,6,8,10,15H2,1-2H3,(H,27,30). The molecule has 1 saturated carbocycles. The second-order valence-corrected chi connectivity index (χ2v) is 9.32. The number of carbonyl (C=O) groups is 3. The smallest absolute Gasteiger partial charge is 0.332 e. The second kappa shape index (κ2) is 8.63. The summed E-state index contributed by atoms with van der Waals surface area (Å²) in [7, 11) is 0. The van der Waals surface area contributed by atoms with Gasteiger partial charge >= 0.3 is 6.03 Å². The average Bonchev–Trinajstić information content (AvgIpc) is 3.19. The number of nitrogens with one attached hydrogen (secondary N) is 1. The largest absolute Gasteiger partial charge is 0.363 e. The highest BCUT2D eigenvalue weighted by atomic mass is 16.5. The first-order chi connectivity index (χ1) is 15.9. The maximum atomic E-state index is 13.7. The number of para-hydroxylation sites is 1. The van der Waals surface area contributed by atoms with Gasteiger partial charge in [0.15, 0.2) is 6.10 Å². The molecule has 33 heavy (non-hydrogen) atoms. The van der Waals surface area contributed by atoms with Crippen LogP contribution >= 0.6 is 0 Å². The quantitative estimate of drug-likeness (QED) is 0.767. The first-order valence-electron chi connectivity index (χ1n) is 11.7. The van der Waals surface area contributed by atoms with Gasteiger partial charge in [0.2, 0.25) is 5.91 Å². The molecule has 5 rings (SSSR count). The molecule has 1 N–H and O–H groups in total. The highest BCUT2D eigenvalue weighted by molar-refractivity contribution is 6.18. The van der Waals surface area contributed by atoms with Gasteiger partial charge in [-0.15, -0.1) is 0 Å². The summed E-state index contributed by atoms with van der Waals surface area (Å²) < 4.78 is 6.24. The number of urea groups is 1. The van der Waals surface area contributed by atoms with Gasteiger partial charge in [-0.2, -0.15) is 0 Å². The molecule has 2 aliphatic heterocycles. The number of rotatable bonds is 4. The Kier molecular flexibility index (Phi) is 5.66. The molecule has 3 fully saturated rings. The van der Waals surface area contributed by atoms with Crippen molar-refractivity contribution < 1.29 is 19.1 Å². The van der Waals surface area contributed by atoms with Crippen LogP contribution in [0.1, 0.15) is 36.8 Å². The van der Waals surface area contributed by atoms with E-state index in [4.69, 9.17) is 4.74 Å². The maximum Gasteiger partial charge on any atom is 0.332 e. The van der Waals surface area contributed by atoms with E-state index in [1.165, 1.54) is 4.90 Å². The molecule has 172 valence electrons. The third-order valence-electron chi connectivity index (χ3n) is 7.11. The van der Waals surface area contributed by atoms with Crippen LogP contribution in [-0.4, -0.2) is 47.5 Å². The lowest BCUT2D eigenvalue weighted by Crippen LogP contribution is -2.65. The van der Waals surface area contributed by atoms with E-state index in [9.17, 15) is 14.4 Å². The summed E-state index contributed by atoms with van der Waals surface area (Å²) >= 11 is 0. The Balaban J connectivity index is 1.46. The number of carbonyl (C=O) groups excluding carboxylic acids is 3. The van der Waals surface area contributed by atoms with Gasteiger partial charge in [-0.25, -0.2) is 9.69 Å². The summed E-state index contributed by atoms with van der Waals surface area (Å²) in [4.78, 5) is 42.9. The average molecular weight is 448 g/mol. The number of ether oxygens (including phenoxy) is 1. The zero-order chi connectivity index (χ0) is 23.1. The normalized spacial score (nSPS) is 26.7. The van der Waals surface area contributed by atoms with E-state index in [-0.39, 0.29) is 30.4 Å². The van der Waals surface area contributed by atoms with Crippen LogP contribution in [0.5, 0.6) is 0 Å². The third kappa shape index (κ3) is 3.91. The Morgan fingerprint density at radius 1 is 1.03 bits per heavy atom. The summed E-state index contributed by atoms with van der Waals surface area (Å²) in [5, 5.41) is 2.93. The predicted molar refractivity (Wildman–Crippen MR) is 125 cm³/mol. The molecule has 0 bridgehead atoms. The number of fused-ring (bicyclic) bond motifs is 3. The monoisotopic (exact) mass is 447 g/mol. The van der Waals surface area contributed by atoms with E-state index in [0.717, 1.165) is 36.8 Å². The fourth-order valence-electron chi connectivity index (χ4n) is 5.42. The van der Waals surface area contributed by atoms with Crippen molar-refractivity contribution in [3.8, 4) is 0 Å². The van der Waals surface area contributed by atoms with E-state index in [0.29, 0.717) is 11.4 Å². The van der Waals surface area contributed by atoms with Crippen molar-refractivity contribution in [1.29, 1.82) is 0 Å². The molecule has 2 saturated heterocycles. The molecule has 0 aromatic heterocycles. The number of aryl methyl sites for hydroxylation is 2. The molecule has 4 atom stereocenters. The first-order valence-corrected chi connectivity index (χ1v) is 11.7. The van der Waals surface area contributed by atoms with Crippen LogP contribution in [0, 0.1) is 19.8 Å². The minimum absolute atomic E-state index is 0.0506.